The van der Waals surface area contributed by atoms with E-state index in [-0.39, 0.29) is 12.0 Å². The lowest BCUT2D eigenvalue weighted by atomic mass is 9.98. The summed E-state index contributed by atoms with van der Waals surface area (Å²) in [6, 6.07) is 8.05. The number of alkyl halides is 1. The van der Waals surface area contributed by atoms with E-state index in [1.807, 2.05) is 25.1 Å². The fraction of sp³-hybridized carbons (Fsp3) is 0.467. The minimum Gasteiger partial charge on any atom is -0.481 e. The van der Waals surface area contributed by atoms with E-state index in [1.165, 1.54) is 5.56 Å². The lowest BCUT2D eigenvalue weighted by Gasteiger charge is -2.18. The van der Waals surface area contributed by atoms with Crippen LogP contribution < -0.4 is 4.74 Å². The van der Waals surface area contributed by atoms with Crippen molar-refractivity contribution in [2.24, 2.45) is 0 Å². The minimum absolute atomic E-state index is 0.211. The summed E-state index contributed by atoms with van der Waals surface area (Å²) in [5.41, 5.74) is 1.19. The largest absolute Gasteiger partial charge is 0.481 e. The molecule has 0 bridgehead atoms. The lowest BCUT2D eigenvalue weighted by Crippen LogP contribution is -2.06. The van der Waals surface area contributed by atoms with E-state index < -0.39 is 0 Å². The van der Waals surface area contributed by atoms with Crippen LogP contribution in [0.25, 0.3) is 0 Å². The number of ether oxygens (including phenoxy) is 1. The van der Waals surface area contributed by atoms with Gasteiger partial charge in [0.1, 0.15) is 11.6 Å². The van der Waals surface area contributed by atoms with E-state index >= 15 is 0 Å². The molecule has 108 valence electrons. The van der Waals surface area contributed by atoms with Crippen molar-refractivity contribution in [3.05, 3.63) is 41.6 Å². The molecule has 2 atom stereocenters. The molecule has 2 unspecified atom stereocenters. The van der Waals surface area contributed by atoms with Gasteiger partial charge in [0, 0.05) is 0 Å². The number of hydrogen-bond acceptors (Lipinski definition) is 4. The molecule has 0 saturated heterocycles. The van der Waals surface area contributed by atoms with Crippen molar-refractivity contribution in [3.8, 4) is 5.75 Å². The zero-order valence-corrected chi connectivity index (χ0v) is 12.7. The van der Waals surface area contributed by atoms with E-state index in [0.29, 0.717) is 17.7 Å². The van der Waals surface area contributed by atoms with Crippen LogP contribution in [0.1, 0.15) is 56.6 Å². The molecule has 2 rings (SSSR count). The number of hydrogen-bond donors (Lipinski definition) is 0. The number of benzene rings is 1. The number of para-hydroxylation sites is 1. The third-order valence-corrected chi connectivity index (χ3v) is 3.54. The summed E-state index contributed by atoms with van der Waals surface area (Å²) in [6.45, 7) is 6.24. The van der Waals surface area contributed by atoms with Gasteiger partial charge in [0.25, 0.3) is 5.89 Å². The van der Waals surface area contributed by atoms with E-state index in [9.17, 15) is 0 Å². The van der Waals surface area contributed by atoms with E-state index in [0.717, 1.165) is 12.2 Å². The highest BCUT2D eigenvalue weighted by Crippen LogP contribution is 2.31. The average Bonchev–Trinajstić information content (AvgIpc) is 2.96. The third kappa shape index (κ3) is 3.31. The Labute approximate surface area is 124 Å². The Morgan fingerprint density at radius 2 is 2.00 bits per heavy atom. The SMILES string of the molecule is CCC(C)c1ccccc1OC(C)c1nnc(CCl)o1. The van der Waals surface area contributed by atoms with Gasteiger partial charge in [-0.25, -0.2) is 0 Å². The first-order valence-corrected chi connectivity index (χ1v) is 7.33. The Morgan fingerprint density at radius 1 is 1.25 bits per heavy atom. The molecule has 4 nitrogen and oxygen atoms in total. The van der Waals surface area contributed by atoms with Crippen LogP contribution in [0.15, 0.2) is 28.7 Å². The van der Waals surface area contributed by atoms with Gasteiger partial charge < -0.3 is 9.15 Å². The number of rotatable bonds is 6. The van der Waals surface area contributed by atoms with Gasteiger partial charge in [0.15, 0.2) is 6.10 Å². The number of aromatic nitrogens is 2. The van der Waals surface area contributed by atoms with Crippen molar-refractivity contribution in [1.29, 1.82) is 0 Å². The maximum Gasteiger partial charge on any atom is 0.256 e. The van der Waals surface area contributed by atoms with E-state index in [1.54, 1.807) is 0 Å². The summed E-state index contributed by atoms with van der Waals surface area (Å²) in [5.74, 6) is 2.37. The van der Waals surface area contributed by atoms with Crippen molar-refractivity contribution in [1.82, 2.24) is 10.2 Å². The molecule has 0 radical (unpaired) electrons. The predicted molar refractivity (Wildman–Crippen MR) is 78.0 cm³/mol. The average molecular weight is 295 g/mol. The monoisotopic (exact) mass is 294 g/mol. The van der Waals surface area contributed by atoms with Gasteiger partial charge in [-0.2, -0.15) is 0 Å². The normalized spacial score (nSPS) is 14.0. The molecule has 5 heteroatoms. The molecule has 0 spiro atoms. The standard InChI is InChI=1S/C15H19ClN2O2/c1-4-10(2)12-7-5-6-8-13(12)19-11(3)15-18-17-14(9-16)20-15/h5-8,10-11H,4,9H2,1-3H3. The van der Waals surface area contributed by atoms with Crippen LogP contribution in [0, 0.1) is 0 Å². The van der Waals surface area contributed by atoms with E-state index in [4.69, 9.17) is 20.8 Å². The molecule has 0 aliphatic carbocycles. The first-order chi connectivity index (χ1) is 9.65. The van der Waals surface area contributed by atoms with Gasteiger partial charge in [-0.1, -0.05) is 32.0 Å². The highest BCUT2D eigenvalue weighted by Gasteiger charge is 2.18. The Morgan fingerprint density at radius 3 is 2.65 bits per heavy atom. The zero-order chi connectivity index (χ0) is 14.5. The van der Waals surface area contributed by atoms with Gasteiger partial charge in [0.05, 0.1) is 0 Å². The summed E-state index contributed by atoms with van der Waals surface area (Å²) in [7, 11) is 0. The van der Waals surface area contributed by atoms with Crippen molar-refractivity contribution in [3.63, 3.8) is 0 Å². The molecular formula is C15H19ClN2O2. The fourth-order valence-corrected chi connectivity index (χ4v) is 2.05. The molecule has 0 amide bonds. The topological polar surface area (TPSA) is 48.2 Å². The van der Waals surface area contributed by atoms with Gasteiger partial charge in [0.2, 0.25) is 5.89 Å². The number of halogens is 1. The molecular weight excluding hydrogens is 276 g/mol. The van der Waals surface area contributed by atoms with Gasteiger partial charge in [-0.05, 0) is 30.9 Å². The second kappa shape index (κ2) is 6.75. The van der Waals surface area contributed by atoms with Crippen LogP contribution in [0.2, 0.25) is 0 Å². The second-order valence-corrected chi connectivity index (χ2v) is 5.04. The Bertz CT molecular complexity index is 556. The summed E-state index contributed by atoms with van der Waals surface area (Å²) >= 11 is 5.65. The minimum atomic E-state index is -0.301. The molecule has 20 heavy (non-hydrogen) atoms. The van der Waals surface area contributed by atoms with Crippen LogP contribution in [0.4, 0.5) is 0 Å². The predicted octanol–water partition coefficient (Wildman–Crippen LogP) is 4.46. The van der Waals surface area contributed by atoms with Crippen LogP contribution >= 0.6 is 11.6 Å². The molecule has 0 fully saturated rings. The first-order valence-electron chi connectivity index (χ1n) is 6.79. The molecule has 1 aromatic carbocycles. The van der Waals surface area contributed by atoms with Gasteiger partial charge in [-0.3, -0.25) is 0 Å². The molecule has 0 aliphatic rings. The molecule has 0 N–H and O–H groups in total. The van der Waals surface area contributed by atoms with E-state index in [2.05, 4.69) is 30.1 Å². The molecule has 1 aromatic heterocycles. The molecule has 2 aromatic rings. The highest BCUT2D eigenvalue weighted by molar-refractivity contribution is 6.16. The summed E-state index contributed by atoms with van der Waals surface area (Å²) < 4.78 is 11.4. The van der Waals surface area contributed by atoms with Gasteiger partial charge in [-0.15, -0.1) is 21.8 Å². The Balaban J connectivity index is 2.17. The van der Waals surface area contributed by atoms with Crippen molar-refractivity contribution in [2.75, 3.05) is 0 Å². The van der Waals surface area contributed by atoms with Gasteiger partial charge >= 0.3 is 0 Å². The maximum atomic E-state index is 5.97. The van der Waals surface area contributed by atoms with Crippen LogP contribution in [0.5, 0.6) is 5.75 Å². The van der Waals surface area contributed by atoms with Crippen molar-refractivity contribution in [2.45, 2.75) is 45.1 Å². The second-order valence-electron chi connectivity index (χ2n) is 4.77. The van der Waals surface area contributed by atoms with Crippen molar-refractivity contribution < 1.29 is 9.15 Å². The number of nitrogens with zero attached hydrogens (tertiary/aromatic N) is 2. The van der Waals surface area contributed by atoms with Crippen LogP contribution in [-0.2, 0) is 5.88 Å². The molecule has 1 heterocycles. The summed E-state index contributed by atoms with van der Waals surface area (Å²) in [4.78, 5) is 0. The quantitative estimate of drug-likeness (QED) is 0.738. The highest BCUT2D eigenvalue weighted by atomic mass is 35.5. The first kappa shape index (κ1) is 14.9. The summed E-state index contributed by atoms with van der Waals surface area (Å²) in [5, 5.41) is 7.79. The van der Waals surface area contributed by atoms with Crippen molar-refractivity contribution >= 4 is 11.6 Å². The summed E-state index contributed by atoms with van der Waals surface area (Å²) in [6.07, 6.45) is 0.760. The molecule has 0 saturated carbocycles. The van der Waals surface area contributed by atoms with Crippen LogP contribution in [-0.4, -0.2) is 10.2 Å². The Kier molecular flexibility index (Phi) is 5.01. The Hall–Kier alpha value is -1.55. The zero-order valence-electron chi connectivity index (χ0n) is 12.0. The maximum absolute atomic E-state index is 5.97. The smallest absolute Gasteiger partial charge is 0.256 e. The third-order valence-electron chi connectivity index (χ3n) is 3.31. The lowest BCUT2D eigenvalue weighted by molar-refractivity contribution is 0.184. The molecule has 0 aliphatic heterocycles. The van der Waals surface area contributed by atoms with Crippen LogP contribution in [0.3, 0.4) is 0 Å². The fourth-order valence-electron chi connectivity index (χ4n) is 1.94.